The van der Waals surface area contributed by atoms with Crippen LogP contribution in [-0.2, 0) is 13.0 Å². The number of pyridine rings is 1. The van der Waals surface area contributed by atoms with Gasteiger partial charge in [-0.3, -0.25) is 9.69 Å². The summed E-state index contributed by atoms with van der Waals surface area (Å²) in [6, 6.07) is 21.7. The third kappa shape index (κ3) is 3.24. The molecule has 4 nitrogen and oxygen atoms in total. The number of amides is 1. The molecule has 0 unspecified atom stereocenters. The lowest BCUT2D eigenvalue weighted by molar-refractivity contribution is 0.0988. The molecule has 0 saturated carbocycles. The van der Waals surface area contributed by atoms with Crippen molar-refractivity contribution in [2.45, 2.75) is 13.0 Å². The van der Waals surface area contributed by atoms with Gasteiger partial charge in [0, 0.05) is 18.7 Å². The number of carbonyl (C=O) groups excluding carboxylic acids is 1. The first-order chi connectivity index (χ1) is 12.3. The van der Waals surface area contributed by atoms with E-state index in [0.29, 0.717) is 12.1 Å². The minimum absolute atomic E-state index is 0.0110. The average molecular weight is 329 g/mol. The van der Waals surface area contributed by atoms with Crippen LogP contribution in [0.1, 0.15) is 21.5 Å². The number of hydrogen-bond donors (Lipinski definition) is 1. The highest BCUT2D eigenvalue weighted by atomic mass is 16.2. The monoisotopic (exact) mass is 329 g/mol. The minimum atomic E-state index is 0.0110. The van der Waals surface area contributed by atoms with Gasteiger partial charge in [-0.2, -0.15) is 0 Å². The van der Waals surface area contributed by atoms with E-state index in [9.17, 15) is 4.79 Å². The summed E-state index contributed by atoms with van der Waals surface area (Å²) >= 11 is 0. The first kappa shape index (κ1) is 15.4. The van der Waals surface area contributed by atoms with E-state index in [1.165, 1.54) is 5.56 Å². The Morgan fingerprint density at radius 2 is 1.76 bits per heavy atom. The van der Waals surface area contributed by atoms with Crippen molar-refractivity contribution in [2.75, 3.05) is 16.8 Å². The molecule has 0 spiro atoms. The van der Waals surface area contributed by atoms with Crippen molar-refractivity contribution in [3.05, 3.63) is 89.6 Å². The lowest BCUT2D eigenvalue weighted by Crippen LogP contribution is -2.29. The van der Waals surface area contributed by atoms with Crippen LogP contribution in [0.3, 0.4) is 0 Å². The number of hydrogen-bond acceptors (Lipinski definition) is 3. The predicted molar refractivity (Wildman–Crippen MR) is 99.8 cm³/mol. The van der Waals surface area contributed by atoms with E-state index in [4.69, 9.17) is 0 Å². The molecule has 0 bridgehead atoms. The van der Waals surface area contributed by atoms with Crippen LogP contribution in [0.4, 0.5) is 11.5 Å². The van der Waals surface area contributed by atoms with Gasteiger partial charge in [-0.15, -0.1) is 0 Å². The van der Waals surface area contributed by atoms with Gasteiger partial charge in [-0.05, 0) is 35.7 Å². The SMILES string of the molecule is O=C(c1ccccc1)N1CCc2cc(NCc3ccccc3)cnc21. The summed E-state index contributed by atoms with van der Waals surface area (Å²) in [6.45, 7) is 1.44. The van der Waals surface area contributed by atoms with Crippen LogP contribution in [0.5, 0.6) is 0 Å². The predicted octanol–water partition coefficient (Wildman–Crippen LogP) is 3.90. The van der Waals surface area contributed by atoms with Crippen molar-refractivity contribution < 1.29 is 4.79 Å². The zero-order chi connectivity index (χ0) is 17.1. The molecular weight excluding hydrogens is 310 g/mol. The van der Waals surface area contributed by atoms with E-state index in [1.807, 2.05) is 48.5 Å². The van der Waals surface area contributed by atoms with Gasteiger partial charge in [0.1, 0.15) is 5.82 Å². The quantitative estimate of drug-likeness (QED) is 0.790. The molecule has 1 aliphatic rings. The molecule has 4 heteroatoms. The molecule has 0 fully saturated rings. The standard InChI is InChI=1S/C21H19N3O/c25-21(17-9-5-2-6-10-17)24-12-11-18-13-19(15-23-20(18)24)22-14-16-7-3-1-4-8-16/h1-10,13,15,22H,11-12,14H2. The number of benzene rings is 2. The molecule has 124 valence electrons. The molecule has 0 atom stereocenters. The molecule has 0 radical (unpaired) electrons. The molecule has 0 aliphatic carbocycles. The Bertz CT molecular complexity index is 878. The van der Waals surface area contributed by atoms with Crippen LogP contribution in [-0.4, -0.2) is 17.4 Å². The van der Waals surface area contributed by atoms with E-state index < -0.39 is 0 Å². The van der Waals surface area contributed by atoms with E-state index in [1.54, 1.807) is 11.1 Å². The van der Waals surface area contributed by atoms with Crippen LogP contribution in [0.2, 0.25) is 0 Å². The molecule has 2 aromatic carbocycles. The summed E-state index contributed by atoms with van der Waals surface area (Å²) in [7, 11) is 0. The summed E-state index contributed by atoms with van der Waals surface area (Å²) in [5.41, 5.74) is 4.02. The van der Waals surface area contributed by atoms with E-state index in [2.05, 4.69) is 28.5 Å². The van der Waals surface area contributed by atoms with Gasteiger partial charge in [0.25, 0.3) is 5.91 Å². The van der Waals surface area contributed by atoms with Crippen molar-refractivity contribution in [1.82, 2.24) is 4.98 Å². The van der Waals surface area contributed by atoms with Gasteiger partial charge in [-0.25, -0.2) is 4.98 Å². The second kappa shape index (κ2) is 6.77. The molecule has 1 N–H and O–H groups in total. The highest BCUT2D eigenvalue weighted by molar-refractivity contribution is 6.06. The molecule has 3 aromatic rings. The first-order valence-corrected chi connectivity index (χ1v) is 8.45. The lowest BCUT2D eigenvalue weighted by atomic mass is 10.2. The minimum Gasteiger partial charge on any atom is -0.380 e. The topological polar surface area (TPSA) is 45.2 Å². The second-order valence-corrected chi connectivity index (χ2v) is 6.12. The number of anilines is 2. The smallest absolute Gasteiger partial charge is 0.259 e. The normalized spacial score (nSPS) is 12.7. The third-order valence-electron chi connectivity index (χ3n) is 4.41. The Hall–Kier alpha value is -3.14. The van der Waals surface area contributed by atoms with E-state index >= 15 is 0 Å². The number of nitrogens with one attached hydrogen (secondary N) is 1. The van der Waals surface area contributed by atoms with Gasteiger partial charge in [0.2, 0.25) is 0 Å². The fourth-order valence-electron chi connectivity index (χ4n) is 3.10. The molecule has 2 heterocycles. The van der Waals surface area contributed by atoms with Crippen LogP contribution in [0.25, 0.3) is 0 Å². The Morgan fingerprint density at radius 1 is 1.04 bits per heavy atom. The zero-order valence-electron chi connectivity index (χ0n) is 13.9. The summed E-state index contributed by atoms with van der Waals surface area (Å²) in [6.07, 6.45) is 2.64. The molecule has 4 rings (SSSR count). The van der Waals surface area contributed by atoms with Crippen LogP contribution >= 0.6 is 0 Å². The summed E-state index contributed by atoms with van der Waals surface area (Å²) in [5, 5.41) is 3.40. The maximum absolute atomic E-state index is 12.7. The Labute approximate surface area is 147 Å². The third-order valence-corrected chi connectivity index (χ3v) is 4.41. The first-order valence-electron chi connectivity index (χ1n) is 8.45. The van der Waals surface area contributed by atoms with E-state index in [0.717, 1.165) is 30.0 Å². The number of nitrogens with zero attached hydrogens (tertiary/aromatic N) is 2. The molecule has 0 saturated heterocycles. The molecule has 1 aliphatic heterocycles. The summed E-state index contributed by atoms with van der Waals surface area (Å²) in [5.74, 6) is 0.788. The number of fused-ring (bicyclic) bond motifs is 1. The highest BCUT2D eigenvalue weighted by Gasteiger charge is 2.27. The van der Waals surface area contributed by atoms with Gasteiger partial charge in [0.15, 0.2) is 0 Å². The largest absolute Gasteiger partial charge is 0.380 e. The van der Waals surface area contributed by atoms with Crippen LogP contribution < -0.4 is 10.2 Å². The Morgan fingerprint density at radius 3 is 2.52 bits per heavy atom. The molecular formula is C21H19N3O. The fourth-order valence-corrected chi connectivity index (χ4v) is 3.10. The maximum atomic E-state index is 12.7. The van der Waals surface area contributed by atoms with Crippen molar-refractivity contribution in [3.63, 3.8) is 0 Å². The van der Waals surface area contributed by atoms with Gasteiger partial charge >= 0.3 is 0 Å². The zero-order valence-corrected chi connectivity index (χ0v) is 13.9. The molecule has 1 aromatic heterocycles. The van der Waals surface area contributed by atoms with Crippen molar-refractivity contribution in [3.8, 4) is 0 Å². The van der Waals surface area contributed by atoms with Crippen LogP contribution in [0, 0.1) is 0 Å². The van der Waals surface area contributed by atoms with Crippen LogP contribution in [0.15, 0.2) is 72.9 Å². The van der Waals surface area contributed by atoms with Crippen molar-refractivity contribution in [2.24, 2.45) is 0 Å². The number of rotatable bonds is 4. The second-order valence-electron chi connectivity index (χ2n) is 6.12. The average Bonchev–Trinajstić information content (AvgIpc) is 3.10. The molecule has 25 heavy (non-hydrogen) atoms. The Kier molecular flexibility index (Phi) is 4.17. The van der Waals surface area contributed by atoms with Gasteiger partial charge in [-0.1, -0.05) is 48.5 Å². The number of aromatic nitrogens is 1. The fraction of sp³-hybridized carbons (Fsp3) is 0.143. The van der Waals surface area contributed by atoms with Gasteiger partial charge < -0.3 is 5.32 Å². The lowest BCUT2D eigenvalue weighted by Gasteiger charge is -2.16. The number of carbonyl (C=O) groups is 1. The summed E-state index contributed by atoms with van der Waals surface area (Å²) in [4.78, 5) is 19.0. The van der Waals surface area contributed by atoms with E-state index in [-0.39, 0.29) is 5.91 Å². The molecule has 1 amide bonds. The van der Waals surface area contributed by atoms with Crippen molar-refractivity contribution in [1.29, 1.82) is 0 Å². The maximum Gasteiger partial charge on any atom is 0.259 e. The van der Waals surface area contributed by atoms with Crippen molar-refractivity contribution >= 4 is 17.4 Å². The highest BCUT2D eigenvalue weighted by Crippen LogP contribution is 2.29. The summed E-state index contributed by atoms with van der Waals surface area (Å²) < 4.78 is 0. The Balaban J connectivity index is 1.50. The van der Waals surface area contributed by atoms with Gasteiger partial charge in [0.05, 0.1) is 11.9 Å².